The van der Waals surface area contributed by atoms with Crippen molar-refractivity contribution in [2.45, 2.75) is 104 Å². The number of aryl methyl sites for hydroxylation is 1. The van der Waals surface area contributed by atoms with E-state index in [-0.39, 0.29) is 37.1 Å². The molecule has 17 heteroatoms. The van der Waals surface area contributed by atoms with Gasteiger partial charge in [-0.25, -0.2) is 15.2 Å². The van der Waals surface area contributed by atoms with Gasteiger partial charge in [0.1, 0.15) is 18.1 Å². The van der Waals surface area contributed by atoms with Crippen LogP contribution < -0.4 is 10.7 Å². The van der Waals surface area contributed by atoms with Crippen molar-refractivity contribution in [2.75, 3.05) is 66.7 Å². The van der Waals surface area contributed by atoms with Gasteiger partial charge in [0.25, 0.3) is 5.91 Å². The molecule has 6 bridgehead atoms. The molecular formula is C48H65N9O7S. The number of morpholine rings is 1. The fraction of sp³-hybridized carbons (Fsp3) is 0.583. The zero-order valence-corrected chi connectivity index (χ0v) is 39.9. The number of esters is 1. The lowest BCUT2D eigenvalue weighted by atomic mass is 9.84. The second kappa shape index (κ2) is 19.5. The van der Waals surface area contributed by atoms with Crippen molar-refractivity contribution in [2.24, 2.45) is 11.3 Å². The van der Waals surface area contributed by atoms with Crippen LogP contribution in [0.25, 0.3) is 33.4 Å². The van der Waals surface area contributed by atoms with E-state index in [1.165, 1.54) is 21.2 Å². The summed E-state index contributed by atoms with van der Waals surface area (Å²) in [5.41, 5.74) is 9.39. The van der Waals surface area contributed by atoms with Gasteiger partial charge in [0, 0.05) is 98.9 Å². The number of nitrogens with one attached hydrogen (secondary N) is 2. The maximum Gasteiger partial charge on any atom is 0.324 e. The highest BCUT2D eigenvalue weighted by molar-refractivity contribution is 7.10. The normalized spacial score (nSPS) is 22.8. The van der Waals surface area contributed by atoms with E-state index in [0.717, 1.165) is 57.8 Å². The largest absolute Gasteiger partial charge is 0.464 e. The molecular weight excluding hydrogens is 847 g/mol. The summed E-state index contributed by atoms with van der Waals surface area (Å²) in [6.45, 7) is 17.3. The monoisotopic (exact) mass is 911 g/mol. The molecule has 2 N–H and O–H groups in total. The van der Waals surface area contributed by atoms with Crippen LogP contribution in [0.1, 0.15) is 76.8 Å². The Bertz CT molecular complexity index is 2400. The molecule has 3 saturated heterocycles. The molecule has 3 aromatic heterocycles. The first-order valence-corrected chi connectivity index (χ1v) is 24.0. The number of carbonyl (C=O) groups excluding carboxylic acids is 4. The number of rotatable bonds is 8. The average molecular weight is 912 g/mol. The van der Waals surface area contributed by atoms with E-state index < -0.39 is 41.3 Å². The first kappa shape index (κ1) is 46.6. The molecule has 350 valence electrons. The summed E-state index contributed by atoms with van der Waals surface area (Å²) < 4.78 is 20.0. The van der Waals surface area contributed by atoms with E-state index in [0.29, 0.717) is 63.7 Å². The van der Waals surface area contributed by atoms with E-state index in [1.54, 1.807) is 25.3 Å². The molecule has 0 spiro atoms. The minimum absolute atomic E-state index is 0.105. The second-order valence-corrected chi connectivity index (χ2v) is 20.0. The van der Waals surface area contributed by atoms with Crippen molar-refractivity contribution >= 4 is 46.1 Å². The van der Waals surface area contributed by atoms with Gasteiger partial charge in [-0.05, 0) is 68.9 Å². The van der Waals surface area contributed by atoms with Crippen molar-refractivity contribution in [1.82, 2.24) is 45.0 Å². The topological polar surface area (TPSA) is 164 Å². The summed E-state index contributed by atoms with van der Waals surface area (Å²) >= 11 is 1.43. The van der Waals surface area contributed by atoms with Crippen LogP contribution in [0, 0.1) is 11.3 Å². The SMILES string of the molecule is CCn1c(-c2cccnc2[C@H](C)OC)c2c3cc(ccc31)-c1csc(n1)C[C@H](NC(=O)[C@H](C(C)C)N(C)C(=O)N1CCN3CCOC[C@H]3C1)C(=O)N1CCC[C@H](N1)C(=O)OCC(C)(C)C2. The highest BCUT2D eigenvalue weighted by Crippen LogP contribution is 2.42. The number of piperazine rings is 1. The highest BCUT2D eigenvalue weighted by Gasteiger charge is 2.40. The van der Waals surface area contributed by atoms with Gasteiger partial charge in [0.2, 0.25) is 5.91 Å². The molecule has 8 rings (SSSR count). The number of methoxy groups -OCH3 is 1. The minimum atomic E-state index is -1.05. The van der Waals surface area contributed by atoms with Crippen molar-refractivity contribution < 1.29 is 33.4 Å². The van der Waals surface area contributed by atoms with E-state index in [1.807, 2.05) is 32.2 Å². The average Bonchev–Trinajstić information content (AvgIpc) is 3.90. The molecule has 0 saturated carbocycles. The number of hydrogen-bond donors (Lipinski definition) is 2. The van der Waals surface area contributed by atoms with Gasteiger partial charge < -0.3 is 33.9 Å². The number of ether oxygens (including phenoxy) is 3. The van der Waals surface area contributed by atoms with E-state index in [9.17, 15) is 19.2 Å². The first-order valence-electron chi connectivity index (χ1n) is 23.1. The number of thiazole rings is 1. The molecule has 5 atom stereocenters. The van der Waals surface area contributed by atoms with Gasteiger partial charge in [-0.15, -0.1) is 11.3 Å². The summed E-state index contributed by atoms with van der Waals surface area (Å²) in [4.78, 5) is 72.7. The first-order chi connectivity index (χ1) is 31.2. The Balaban J connectivity index is 1.15. The summed E-state index contributed by atoms with van der Waals surface area (Å²) in [5, 5.41) is 8.23. The summed E-state index contributed by atoms with van der Waals surface area (Å²) in [6, 6.07) is 7.67. The predicted octanol–water partition coefficient (Wildman–Crippen LogP) is 5.30. The van der Waals surface area contributed by atoms with Crippen LogP contribution in [0.4, 0.5) is 4.79 Å². The highest BCUT2D eigenvalue weighted by atomic mass is 32.1. The lowest BCUT2D eigenvalue weighted by Crippen LogP contribution is -2.64. The fourth-order valence-corrected chi connectivity index (χ4v) is 10.9. The Morgan fingerprint density at radius 1 is 1.12 bits per heavy atom. The molecule has 65 heavy (non-hydrogen) atoms. The number of urea groups is 1. The lowest BCUT2D eigenvalue weighted by Gasteiger charge is -2.45. The number of carbonyl (C=O) groups is 4. The number of nitrogens with zero attached hydrogens (tertiary/aromatic N) is 7. The van der Waals surface area contributed by atoms with Crippen molar-refractivity contribution in [3.8, 4) is 22.5 Å². The Labute approximate surface area is 385 Å². The van der Waals surface area contributed by atoms with Crippen molar-refractivity contribution in [1.29, 1.82) is 0 Å². The van der Waals surface area contributed by atoms with Crippen LogP contribution in [0.3, 0.4) is 0 Å². The van der Waals surface area contributed by atoms with Crippen LogP contribution >= 0.6 is 11.3 Å². The van der Waals surface area contributed by atoms with E-state index >= 15 is 0 Å². The Hall–Kier alpha value is -4.94. The number of likely N-dealkylation sites (N-methyl/N-ethyl adjacent to an activating group) is 1. The van der Waals surface area contributed by atoms with Gasteiger partial charge in [0.05, 0.1) is 54.1 Å². The van der Waals surface area contributed by atoms with Crippen LogP contribution in [0.5, 0.6) is 0 Å². The third-order valence-corrected chi connectivity index (χ3v) is 14.4. The van der Waals surface area contributed by atoms with Crippen LogP contribution in [-0.2, 0) is 48.0 Å². The number of hydrazine groups is 1. The predicted molar refractivity (Wildman–Crippen MR) is 249 cm³/mol. The zero-order chi connectivity index (χ0) is 46.2. The third kappa shape index (κ3) is 9.66. The van der Waals surface area contributed by atoms with Crippen molar-refractivity contribution in [3.63, 3.8) is 0 Å². The summed E-state index contributed by atoms with van der Waals surface area (Å²) in [6.07, 6.45) is 3.29. The van der Waals surface area contributed by atoms with Gasteiger partial charge in [-0.2, -0.15) is 0 Å². The second-order valence-electron chi connectivity index (χ2n) is 19.1. The van der Waals surface area contributed by atoms with Gasteiger partial charge >= 0.3 is 12.0 Å². The van der Waals surface area contributed by atoms with Gasteiger partial charge in [0.15, 0.2) is 0 Å². The van der Waals surface area contributed by atoms with Gasteiger partial charge in [-0.3, -0.25) is 29.3 Å². The Morgan fingerprint density at radius 2 is 1.94 bits per heavy atom. The molecule has 4 aromatic rings. The van der Waals surface area contributed by atoms with Crippen LogP contribution in [0.2, 0.25) is 0 Å². The quantitative estimate of drug-likeness (QED) is 0.221. The number of benzene rings is 1. The van der Waals surface area contributed by atoms with Crippen LogP contribution in [-0.4, -0.2) is 149 Å². The molecule has 0 unspecified atom stereocenters. The van der Waals surface area contributed by atoms with E-state index in [2.05, 4.69) is 65.2 Å². The molecule has 0 radical (unpaired) electrons. The standard InChI is InChI=1S/C48H65N9O7S/c1-9-56-39-15-14-31-22-34(39)35(43(56)33-12-10-16-49-41(33)30(4)62-8)24-48(5,6)28-64-46(60)36-13-11-17-57(52-36)45(59)37(23-40-50-38(31)27-65-40)51-44(58)42(29(2)3)53(7)47(61)55-19-18-54-20-21-63-26-32(54)25-55/h10,12,14-16,22,27,29-30,32,36-37,42,52H,9,11,13,17-21,23-26,28H2,1-8H3,(H,51,58)/t30-,32+,36-,37-,42-/m0/s1. The molecule has 4 aliphatic heterocycles. The van der Waals surface area contributed by atoms with E-state index in [4.69, 9.17) is 24.2 Å². The molecule has 4 amide bonds. The van der Waals surface area contributed by atoms with Crippen molar-refractivity contribution in [3.05, 3.63) is 58.2 Å². The molecule has 7 heterocycles. The number of aromatic nitrogens is 3. The lowest BCUT2D eigenvalue weighted by molar-refractivity contribution is -0.155. The molecule has 1 aromatic carbocycles. The summed E-state index contributed by atoms with van der Waals surface area (Å²) in [5.74, 6) is -1.54. The third-order valence-electron chi connectivity index (χ3n) is 13.5. The minimum Gasteiger partial charge on any atom is -0.464 e. The number of amides is 4. The molecule has 4 aliphatic rings. The molecule has 3 fully saturated rings. The smallest absolute Gasteiger partial charge is 0.324 e. The maximum absolute atomic E-state index is 14.7. The Kier molecular flexibility index (Phi) is 14.0. The fourth-order valence-electron chi connectivity index (χ4n) is 10.0. The van der Waals surface area contributed by atoms with Crippen LogP contribution in [0.15, 0.2) is 41.9 Å². The van der Waals surface area contributed by atoms with Gasteiger partial charge in [-0.1, -0.05) is 33.8 Å². The molecule has 16 nitrogen and oxygen atoms in total. The number of cyclic esters (lactones) is 1. The number of pyridine rings is 1. The summed E-state index contributed by atoms with van der Waals surface area (Å²) in [7, 11) is 3.35. The number of hydrogen-bond acceptors (Lipinski definition) is 12. The Morgan fingerprint density at radius 3 is 2.71 bits per heavy atom. The number of fused-ring (bicyclic) bond motifs is 7. The molecule has 0 aliphatic carbocycles. The zero-order valence-electron chi connectivity index (χ0n) is 39.1. The maximum atomic E-state index is 14.7.